The van der Waals surface area contributed by atoms with Crippen LogP contribution in [0.4, 0.5) is 0 Å². The fourth-order valence-corrected chi connectivity index (χ4v) is 6.41. The molecule has 0 radical (unpaired) electrons. The smallest absolute Gasteiger partial charge is 0.231 e. The first-order valence-corrected chi connectivity index (χ1v) is 12.2. The largest absolute Gasteiger partial charge is 0.474 e. The van der Waals surface area contributed by atoms with Gasteiger partial charge in [0.1, 0.15) is 23.4 Å². The quantitative estimate of drug-likeness (QED) is 0.695. The normalized spacial score (nSPS) is 19.8. The molecule has 0 fully saturated rings. The zero-order valence-corrected chi connectivity index (χ0v) is 18.0. The lowest BCUT2D eigenvalue weighted by Gasteiger charge is -2.23. The summed E-state index contributed by atoms with van der Waals surface area (Å²) in [5.74, 6) is -0.589. The van der Waals surface area contributed by atoms with Crippen LogP contribution in [0.2, 0.25) is 0 Å². The molecular weight excluding hydrogens is 404 g/mol. The van der Waals surface area contributed by atoms with E-state index in [0.29, 0.717) is 6.54 Å². The number of nitrogens with zero attached hydrogens (tertiary/aromatic N) is 2. The van der Waals surface area contributed by atoms with Crippen LogP contribution in [0.25, 0.3) is 0 Å². The van der Waals surface area contributed by atoms with Crippen LogP contribution in [-0.4, -0.2) is 49.6 Å². The van der Waals surface area contributed by atoms with Crippen LogP contribution in [0, 0.1) is 0 Å². The minimum Gasteiger partial charge on any atom is -0.474 e. The molecule has 0 amide bonds. The summed E-state index contributed by atoms with van der Waals surface area (Å²) in [6, 6.07) is 2.32. The number of carbonyl (C=O) groups is 1. The van der Waals surface area contributed by atoms with Crippen molar-refractivity contribution in [1.29, 1.82) is 0 Å². The molecule has 0 spiro atoms. The van der Waals surface area contributed by atoms with Crippen molar-refractivity contribution in [3.05, 3.63) is 40.1 Å². The monoisotopic (exact) mass is 430 g/mol. The van der Waals surface area contributed by atoms with Gasteiger partial charge in [-0.2, -0.15) is 5.10 Å². The number of methoxy groups -OCH3 is 1. The molecule has 1 aromatic carbocycles. The highest BCUT2D eigenvalue weighted by Crippen LogP contribution is 2.36. The molecule has 2 heterocycles. The average molecular weight is 431 g/mol. The lowest BCUT2D eigenvalue weighted by Crippen LogP contribution is -2.32. The number of ketones is 1. The Morgan fingerprint density at radius 2 is 1.90 bits per heavy atom. The van der Waals surface area contributed by atoms with Gasteiger partial charge >= 0.3 is 0 Å². The Kier molecular flexibility index (Phi) is 4.94. The molecule has 2 aliphatic carbocycles. The second-order valence-corrected chi connectivity index (χ2v) is 10.4. The van der Waals surface area contributed by atoms with E-state index in [-0.39, 0.29) is 35.7 Å². The van der Waals surface area contributed by atoms with Crippen LogP contribution in [0.15, 0.2) is 17.2 Å². The molecule has 0 bridgehead atoms. The van der Waals surface area contributed by atoms with Crippen LogP contribution in [0.1, 0.15) is 40.7 Å². The molecule has 8 heteroatoms. The Hall–Kier alpha value is -2.19. The number of hydrogen-bond acceptors (Lipinski definition) is 6. The molecule has 160 valence electrons. The third-order valence-corrected chi connectivity index (χ3v) is 8.19. The van der Waals surface area contributed by atoms with Gasteiger partial charge in [-0.3, -0.25) is 4.79 Å². The third kappa shape index (κ3) is 3.36. The maximum absolute atomic E-state index is 13.0. The summed E-state index contributed by atoms with van der Waals surface area (Å²) in [6.07, 6.45) is 7.63. The molecule has 0 N–H and O–H groups in total. The highest BCUT2D eigenvalue weighted by atomic mass is 32.2. The first-order valence-electron chi connectivity index (χ1n) is 10.6. The Morgan fingerprint density at radius 3 is 2.57 bits per heavy atom. The minimum atomic E-state index is -3.83. The molecule has 7 nitrogen and oxygen atoms in total. The van der Waals surface area contributed by atoms with E-state index in [4.69, 9.17) is 9.47 Å². The zero-order chi connectivity index (χ0) is 20.9. The van der Waals surface area contributed by atoms with Crippen molar-refractivity contribution in [3.63, 3.8) is 0 Å². The fourth-order valence-electron chi connectivity index (χ4n) is 5.09. The zero-order valence-electron chi connectivity index (χ0n) is 17.1. The summed E-state index contributed by atoms with van der Waals surface area (Å²) in [7, 11) is -2.25. The molecule has 3 aliphatic rings. The van der Waals surface area contributed by atoms with E-state index in [9.17, 15) is 13.2 Å². The molecule has 0 saturated carbocycles. The Labute approximate surface area is 176 Å². The summed E-state index contributed by atoms with van der Waals surface area (Å²) in [4.78, 5) is 12.9. The second-order valence-electron chi connectivity index (χ2n) is 8.48. The van der Waals surface area contributed by atoms with Gasteiger partial charge < -0.3 is 9.47 Å². The number of aryl methyl sites for hydroxylation is 2. The predicted octanol–water partition coefficient (Wildman–Crippen LogP) is 1.85. The van der Waals surface area contributed by atoms with E-state index in [0.717, 1.165) is 44.1 Å². The van der Waals surface area contributed by atoms with E-state index < -0.39 is 15.6 Å². The number of carbonyl (C=O) groups excluding carboxylic acids is 1. The average Bonchev–Trinajstić information content (AvgIpc) is 3.45. The SMILES string of the molecule is COC1COc2c(S(=O)(=O)CC(=O)Cc3c4c(cc5c3CCC5)CCC4)cnn2C1. The predicted molar refractivity (Wildman–Crippen MR) is 110 cm³/mol. The molecule has 1 aromatic heterocycles. The first-order chi connectivity index (χ1) is 14.5. The number of rotatable bonds is 6. The number of Topliss-reactive ketones (excluding diaryl/α,β-unsaturated/α-hetero) is 1. The molecule has 1 atom stereocenters. The lowest BCUT2D eigenvalue weighted by atomic mass is 9.91. The number of sulfone groups is 1. The van der Waals surface area contributed by atoms with Crippen LogP contribution < -0.4 is 4.74 Å². The van der Waals surface area contributed by atoms with Gasteiger partial charge in [-0.1, -0.05) is 6.07 Å². The van der Waals surface area contributed by atoms with Gasteiger partial charge in [0, 0.05) is 13.5 Å². The highest BCUT2D eigenvalue weighted by Gasteiger charge is 2.32. The fraction of sp³-hybridized carbons (Fsp3) is 0.545. The van der Waals surface area contributed by atoms with E-state index in [1.54, 1.807) is 7.11 Å². The maximum atomic E-state index is 13.0. The molecule has 2 aromatic rings. The van der Waals surface area contributed by atoms with Gasteiger partial charge in [0.25, 0.3) is 0 Å². The summed E-state index contributed by atoms with van der Waals surface area (Å²) in [5.41, 5.74) is 6.40. The molecule has 1 unspecified atom stereocenters. The Balaban J connectivity index is 1.38. The van der Waals surface area contributed by atoms with Crippen molar-refractivity contribution in [2.45, 2.75) is 62.5 Å². The summed E-state index contributed by atoms with van der Waals surface area (Å²) >= 11 is 0. The van der Waals surface area contributed by atoms with Crippen LogP contribution in [0.5, 0.6) is 5.88 Å². The van der Waals surface area contributed by atoms with Gasteiger partial charge in [-0.25, -0.2) is 13.1 Å². The number of hydrogen-bond donors (Lipinski definition) is 0. The van der Waals surface area contributed by atoms with Crippen molar-refractivity contribution < 1.29 is 22.7 Å². The van der Waals surface area contributed by atoms with Crippen molar-refractivity contribution >= 4 is 15.6 Å². The number of ether oxygens (including phenoxy) is 2. The highest BCUT2D eigenvalue weighted by molar-refractivity contribution is 7.92. The van der Waals surface area contributed by atoms with E-state index in [1.165, 1.54) is 33.1 Å². The van der Waals surface area contributed by atoms with Gasteiger partial charge in [-0.05, 0) is 66.3 Å². The van der Waals surface area contributed by atoms with Gasteiger partial charge in [0.2, 0.25) is 5.88 Å². The second kappa shape index (κ2) is 7.50. The first kappa shape index (κ1) is 19.8. The van der Waals surface area contributed by atoms with Crippen molar-refractivity contribution in [2.75, 3.05) is 19.5 Å². The summed E-state index contributed by atoms with van der Waals surface area (Å²) in [6.45, 7) is 0.693. The Morgan fingerprint density at radius 1 is 1.20 bits per heavy atom. The third-order valence-electron chi connectivity index (χ3n) is 6.53. The van der Waals surface area contributed by atoms with Gasteiger partial charge in [-0.15, -0.1) is 0 Å². The van der Waals surface area contributed by atoms with Crippen LogP contribution in [0.3, 0.4) is 0 Å². The summed E-state index contributed by atoms with van der Waals surface area (Å²) < 4.78 is 38.3. The van der Waals surface area contributed by atoms with E-state index in [2.05, 4.69) is 11.2 Å². The maximum Gasteiger partial charge on any atom is 0.231 e. The van der Waals surface area contributed by atoms with Gasteiger partial charge in [0.15, 0.2) is 15.6 Å². The number of fused-ring (bicyclic) bond motifs is 3. The topological polar surface area (TPSA) is 87.5 Å². The van der Waals surface area contributed by atoms with E-state index in [1.807, 2.05) is 0 Å². The standard InChI is InChI=1S/C22H26N2O5S/c1-28-17-11-24-22(29-12-17)21(10-23-24)30(26,27)13-16(25)9-20-18-6-2-4-14(18)8-15-5-3-7-19(15)20/h8,10,17H,2-7,9,11-13H2,1H3. The summed E-state index contributed by atoms with van der Waals surface area (Å²) in [5, 5.41) is 4.13. The number of aromatic nitrogens is 2. The molecular formula is C22H26N2O5S. The lowest BCUT2D eigenvalue weighted by molar-refractivity contribution is -0.116. The minimum absolute atomic E-state index is 0.00563. The molecule has 0 saturated heterocycles. The number of benzene rings is 1. The molecule has 1 aliphatic heterocycles. The molecule has 5 rings (SSSR count). The van der Waals surface area contributed by atoms with Gasteiger partial charge in [0.05, 0.1) is 12.7 Å². The van der Waals surface area contributed by atoms with Crippen LogP contribution >= 0.6 is 0 Å². The Bertz CT molecular complexity index is 1090. The molecule has 30 heavy (non-hydrogen) atoms. The van der Waals surface area contributed by atoms with Crippen molar-refractivity contribution in [1.82, 2.24) is 9.78 Å². The van der Waals surface area contributed by atoms with Crippen molar-refractivity contribution in [2.24, 2.45) is 0 Å². The van der Waals surface area contributed by atoms with E-state index >= 15 is 0 Å². The van der Waals surface area contributed by atoms with Crippen LogP contribution in [-0.2, 0) is 58.0 Å². The van der Waals surface area contributed by atoms with Crippen molar-refractivity contribution in [3.8, 4) is 5.88 Å².